The van der Waals surface area contributed by atoms with Crippen LogP contribution in [0.2, 0.25) is 0 Å². The summed E-state index contributed by atoms with van der Waals surface area (Å²) in [6.45, 7) is 0. The first-order valence-electron chi connectivity index (χ1n) is 21.0. The minimum Gasteiger partial charge on any atom is -0.308 e. The molecule has 9 aromatic rings. The fourth-order valence-electron chi connectivity index (χ4n) is 8.94. The summed E-state index contributed by atoms with van der Waals surface area (Å²) in [5.41, 5.74) is -5.32. The number of anilines is 1. The maximum Gasteiger partial charge on any atom is 0.416 e. The predicted octanol–water partition coefficient (Wildman–Crippen LogP) is 16.3. The van der Waals surface area contributed by atoms with E-state index in [1.54, 1.807) is 42.5 Å². The van der Waals surface area contributed by atoms with Crippen molar-refractivity contribution in [2.75, 3.05) is 4.90 Å². The Bertz CT molecular complexity index is 3390. The third kappa shape index (κ3) is 8.01. The Balaban J connectivity index is 1.24. The topological polar surface area (TPSA) is 42.3 Å². The highest BCUT2D eigenvalue weighted by atomic mass is 19.4. The van der Waals surface area contributed by atoms with Crippen molar-refractivity contribution in [3.05, 3.63) is 203 Å². The molecule has 0 saturated carbocycles. The van der Waals surface area contributed by atoms with E-state index >= 15 is 4.79 Å². The van der Waals surface area contributed by atoms with Gasteiger partial charge in [-0.1, -0.05) is 103 Å². The van der Waals surface area contributed by atoms with Gasteiger partial charge in [0.25, 0.3) is 11.8 Å². The molecule has 0 atom stereocenters. The first-order valence-corrected chi connectivity index (χ1v) is 21.0. The maximum atomic E-state index is 15.2. The number of aromatic nitrogens is 1. The molecule has 0 unspecified atom stereocenters. The molecule has 16 heteroatoms. The second kappa shape index (κ2) is 16.2. The highest BCUT2D eigenvalue weighted by Crippen LogP contribution is 2.46. The van der Waals surface area contributed by atoms with E-state index in [1.807, 2.05) is 36.4 Å². The Morgan fingerprint density at radius 3 is 1.20 bits per heavy atom. The molecule has 70 heavy (non-hydrogen) atoms. The summed E-state index contributed by atoms with van der Waals surface area (Å²) in [5, 5.41) is 0.531. The van der Waals surface area contributed by atoms with Gasteiger partial charge in [-0.05, 0) is 106 Å². The maximum absolute atomic E-state index is 15.2. The monoisotopic (exact) mass is 964 g/mol. The molecule has 2 amide bonds. The molecule has 0 spiro atoms. The number of carbonyl (C=O) groups excluding carboxylic acids is 2. The lowest BCUT2D eigenvalue weighted by Crippen LogP contribution is -2.30. The van der Waals surface area contributed by atoms with Crippen molar-refractivity contribution in [3.63, 3.8) is 0 Å². The summed E-state index contributed by atoms with van der Waals surface area (Å²) in [6, 6.07) is 37.3. The van der Waals surface area contributed by atoms with Crippen molar-refractivity contribution in [1.29, 1.82) is 0 Å². The standard InChI is InChI=1S/C54H28F12N2O2/c55-51(56,57)36-20-34(21-37(27-36)52(58,59)60)32-15-18-41-42-19-16-33(35-22-38(53(61,62)63)28-39(23-35)54(64,65)66)26-47(42)67(46(41)25-32)44-13-7-12-43-48(44)50(70)68(49(43)69)45-24-31(29-8-3-1-4-9-29)14-17-40(45)30-10-5-2-6-11-30/h1-28H. The lowest BCUT2D eigenvalue weighted by molar-refractivity contribution is -0.144. The molecule has 1 aliphatic heterocycles. The van der Waals surface area contributed by atoms with Gasteiger partial charge in [-0.3, -0.25) is 9.59 Å². The number of fused-ring (bicyclic) bond motifs is 4. The molecule has 0 fully saturated rings. The van der Waals surface area contributed by atoms with Crippen molar-refractivity contribution < 1.29 is 62.3 Å². The van der Waals surface area contributed by atoms with E-state index in [9.17, 15) is 57.5 Å². The first kappa shape index (κ1) is 45.6. The largest absolute Gasteiger partial charge is 0.416 e. The molecule has 0 saturated heterocycles. The molecular weight excluding hydrogens is 937 g/mol. The molecule has 2 heterocycles. The van der Waals surface area contributed by atoms with E-state index in [0.29, 0.717) is 41.0 Å². The number of nitrogens with zero attached hydrogens (tertiary/aromatic N) is 2. The number of rotatable bonds is 6. The summed E-state index contributed by atoms with van der Waals surface area (Å²) >= 11 is 0. The molecule has 10 rings (SSSR count). The number of benzene rings is 8. The molecule has 4 nitrogen and oxygen atoms in total. The molecule has 0 aliphatic carbocycles. The molecule has 1 aromatic heterocycles. The van der Waals surface area contributed by atoms with Crippen molar-refractivity contribution in [2.24, 2.45) is 0 Å². The highest BCUT2D eigenvalue weighted by molar-refractivity contribution is 6.36. The van der Waals surface area contributed by atoms with Gasteiger partial charge in [0.2, 0.25) is 0 Å². The Hall–Kier alpha value is -8.14. The average molecular weight is 965 g/mol. The zero-order chi connectivity index (χ0) is 49.7. The van der Waals surface area contributed by atoms with E-state index in [2.05, 4.69) is 0 Å². The number of hydrogen-bond acceptors (Lipinski definition) is 2. The van der Waals surface area contributed by atoms with E-state index in [4.69, 9.17) is 0 Å². The van der Waals surface area contributed by atoms with Crippen LogP contribution in [0, 0.1) is 0 Å². The van der Waals surface area contributed by atoms with Gasteiger partial charge >= 0.3 is 24.7 Å². The van der Waals surface area contributed by atoms with Gasteiger partial charge in [-0.15, -0.1) is 0 Å². The summed E-state index contributed by atoms with van der Waals surface area (Å²) in [4.78, 5) is 30.9. The fraction of sp³-hybridized carbons (Fsp3) is 0.0741. The number of halogens is 12. The lowest BCUT2D eigenvalue weighted by Gasteiger charge is -2.20. The van der Waals surface area contributed by atoms with Gasteiger partial charge in [-0.25, -0.2) is 4.90 Å². The van der Waals surface area contributed by atoms with E-state index < -0.39 is 69.9 Å². The Morgan fingerprint density at radius 1 is 0.314 bits per heavy atom. The van der Waals surface area contributed by atoms with Crippen LogP contribution in [0.4, 0.5) is 58.4 Å². The van der Waals surface area contributed by atoms with Gasteiger partial charge < -0.3 is 4.57 Å². The Labute approximate surface area is 388 Å². The third-order valence-corrected chi connectivity index (χ3v) is 12.2. The van der Waals surface area contributed by atoms with Gasteiger partial charge in [0.1, 0.15) is 0 Å². The lowest BCUT2D eigenvalue weighted by atomic mass is 9.97. The Kier molecular flexibility index (Phi) is 10.6. The molecule has 8 aromatic carbocycles. The summed E-state index contributed by atoms with van der Waals surface area (Å²) < 4.78 is 171. The van der Waals surface area contributed by atoms with Gasteiger partial charge in [0, 0.05) is 16.3 Å². The molecule has 0 N–H and O–H groups in total. The molecule has 0 bridgehead atoms. The SMILES string of the molecule is O=C1c2cccc(-n3c4cc(-c5cc(C(F)(F)F)cc(C(F)(F)F)c5)ccc4c4ccc(-c5cc(C(F)(F)F)cc(C(F)(F)F)c5)cc43)c2C(=O)N1c1cc(-c2ccccc2)ccc1-c1ccccc1. The minimum atomic E-state index is -5.20. The van der Waals surface area contributed by atoms with Crippen LogP contribution in [0.15, 0.2) is 170 Å². The normalized spacial score (nSPS) is 13.5. The summed E-state index contributed by atoms with van der Waals surface area (Å²) in [5.74, 6) is -1.61. The van der Waals surface area contributed by atoms with E-state index in [1.165, 1.54) is 59.2 Å². The fourth-order valence-corrected chi connectivity index (χ4v) is 8.94. The predicted molar refractivity (Wildman–Crippen MR) is 240 cm³/mol. The van der Waals surface area contributed by atoms with Crippen LogP contribution in [0.3, 0.4) is 0 Å². The van der Waals surface area contributed by atoms with Crippen LogP contribution in [0.5, 0.6) is 0 Å². The smallest absolute Gasteiger partial charge is 0.308 e. The van der Waals surface area contributed by atoms with Gasteiger partial charge in [0.05, 0.1) is 55.8 Å². The van der Waals surface area contributed by atoms with Crippen LogP contribution in [-0.2, 0) is 24.7 Å². The van der Waals surface area contributed by atoms with Crippen LogP contribution in [0.1, 0.15) is 43.0 Å². The van der Waals surface area contributed by atoms with Crippen molar-refractivity contribution >= 4 is 39.3 Å². The third-order valence-electron chi connectivity index (χ3n) is 12.2. The minimum absolute atomic E-state index is 0.0288. The molecule has 0 radical (unpaired) electrons. The van der Waals surface area contributed by atoms with Crippen LogP contribution in [-0.4, -0.2) is 16.4 Å². The zero-order valence-corrected chi connectivity index (χ0v) is 35.4. The highest BCUT2D eigenvalue weighted by Gasteiger charge is 2.42. The van der Waals surface area contributed by atoms with Crippen molar-refractivity contribution in [1.82, 2.24) is 4.57 Å². The van der Waals surface area contributed by atoms with Gasteiger partial charge in [-0.2, -0.15) is 52.7 Å². The van der Waals surface area contributed by atoms with Crippen molar-refractivity contribution in [2.45, 2.75) is 24.7 Å². The number of hydrogen-bond donors (Lipinski definition) is 0. The number of amides is 2. The molecule has 350 valence electrons. The molecule has 1 aliphatic rings. The van der Waals surface area contributed by atoms with E-state index in [0.717, 1.165) is 10.5 Å². The quantitative estimate of drug-likeness (QED) is 0.123. The molecular formula is C54H28F12N2O2. The first-order chi connectivity index (χ1) is 33.1. The number of imide groups is 1. The second-order valence-corrected chi connectivity index (χ2v) is 16.5. The summed E-state index contributed by atoms with van der Waals surface area (Å²) in [6.07, 6.45) is -20.8. The second-order valence-electron chi connectivity index (χ2n) is 16.5. The summed E-state index contributed by atoms with van der Waals surface area (Å²) in [7, 11) is 0. The van der Waals surface area contributed by atoms with Gasteiger partial charge in [0.15, 0.2) is 0 Å². The van der Waals surface area contributed by atoms with Crippen LogP contribution in [0.25, 0.3) is 72.0 Å². The Morgan fingerprint density at radius 2 is 0.743 bits per heavy atom. The van der Waals surface area contributed by atoms with Crippen LogP contribution >= 0.6 is 0 Å². The average Bonchev–Trinajstić information content (AvgIpc) is 3.79. The zero-order valence-electron chi connectivity index (χ0n) is 35.4. The number of alkyl halides is 12. The van der Waals surface area contributed by atoms with Crippen LogP contribution < -0.4 is 4.90 Å². The number of carbonyl (C=O) groups is 2. The van der Waals surface area contributed by atoms with E-state index in [-0.39, 0.29) is 67.6 Å². The van der Waals surface area contributed by atoms with Crippen molar-refractivity contribution in [3.8, 4) is 50.2 Å².